The van der Waals surface area contributed by atoms with Crippen LogP contribution in [0.15, 0.2) is 66.7 Å². The van der Waals surface area contributed by atoms with Gasteiger partial charge in [-0.05, 0) is 42.0 Å². The van der Waals surface area contributed by atoms with Crippen LogP contribution >= 0.6 is 0 Å². The van der Waals surface area contributed by atoms with Gasteiger partial charge in [-0.15, -0.1) is 0 Å². The van der Waals surface area contributed by atoms with Crippen LogP contribution in [0.2, 0.25) is 0 Å². The topological polar surface area (TPSA) is 58.6 Å². The van der Waals surface area contributed by atoms with E-state index in [1.165, 1.54) is 23.1 Å². The molecule has 37 heavy (non-hydrogen) atoms. The van der Waals surface area contributed by atoms with Crippen molar-refractivity contribution in [3.63, 3.8) is 0 Å². The third kappa shape index (κ3) is 4.47. The van der Waals surface area contributed by atoms with Gasteiger partial charge in [0.2, 0.25) is 0 Å². The maximum absolute atomic E-state index is 14.4. The molecule has 2 amide bonds. The Balaban J connectivity index is 1.60. The molecular formula is C25H17F7N2O3. The van der Waals surface area contributed by atoms with Crippen molar-refractivity contribution in [3.8, 4) is 5.75 Å². The third-order valence-corrected chi connectivity index (χ3v) is 5.87. The number of halogens is 7. The van der Waals surface area contributed by atoms with Crippen molar-refractivity contribution in [2.24, 2.45) is 0 Å². The van der Waals surface area contributed by atoms with E-state index in [0.717, 1.165) is 12.7 Å². The first-order valence-corrected chi connectivity index (χ1v) is 10.6. The van der Waals surface area contributed by atoms with Crippen LogP contribution in [0.3, 0.4) is 0 Å². The summed E-state index contributed by atoms with van der Waals surface area (Å²) in [5.74, 6) is -1.69. The largest absolute Gasteiger partial charge is 0.495 e. The highest BCUT2D eigenvalue weighted by Gasteiger charge is 2.73. The number of methoxy groups -OCH3 is 1. The lowest BCUT2D eigenvalue weighted by molar-refractivity contribution is -0.348. The average Bonchev–Trinajstić information content (AvgIpc) is 3.19. The van der Waals surface area contributed by atoms with Crippen molar-refractivity contribution in [2.45, 2.75) is 24.6 Å². The number of benzene rings is 3. The zero-order chi connectivity index (χ0) is 27.2. The second kappa shape index (κ2) is 9.09. The van der Waals surface area contributed by atoms with Gasteiger partial charge in [-0.25, -0.2) is 4.39 Å². The summed E-state index contributed by atoms with van der Waals surface area (Å²) in [4.78, 5) is 27.0. The number of nitrogens with one attached hydrogen (secondary N) is 1. The molecule has 0 aromatic heterocycles. The van der Waals surface area contributed by atoms with Gasteiger partial charge in [-0.1, -0.05) is 30.3 Å². The van der Waals surface area contributed by atoms with Crippen molar-refractivity contribution in [1.82, 2.24) is 0 Å². The molecule has 1 aliphatic rings. The SMILES string of the molecule is COc1cc(C(F)(C(F)(F)F)C(F)(F)F)ccc1NC(=O)c1cccc(N2Cc3ccccc3C2=O)c1. The fraction of sp³-hybridized carbons (Fsp3) is 0.200. The van der Waals surface area contributed by atoms with E-state index in [2.05, 4.69) is 5.32 Å². The predicted octanol–water partition coefficient (Wildman–Crippen LogP) is 6.40. The van der Waals surface area contributed by atoms with Gasteiger partial charge in [0.15, 0.2) is 0 Å². The van der Waals surface area contributed by atoms with E-state index in [9.17, 15) is 40.3 Å². The summed E-state index contributed by atoms with van der Waals surface area (Å²) < 4.78 is 97.8. The molecule has 0 unspecified atom stereocenters. The first-order chi connectivity index (χ1) is 17.3. The maximum Gasteiger partial charge on any atom is 0.435 e. The Morgan fingerprint density at radius 1 is 0.892 bits per heavy atom. The van der Waals surface area contributed by atoms with E-state index < -0.39 is 35.2 Å². The van der Waals surface area contributed by atoms with Gasteiger partial charge < -0.3 is 15.0 Å². The summed E-state index contributed by atoms with van der Waals surface area (Å²) in [6, 6.07) is 14.1. The summed E-state index contributed by atoms with van der Waals surface area (Å²) in [5, 5.41) is 2.33. The van der Waals surface area contributed by atoms with E-state index in [0.29, 0.717) is 17.3 Å². The van der Waals surface area contributed by atoms with Gasteiger partial charge in [0.1, 0.15) is 5.75 Å². The minimum atomic E-state index is -6.30. The number of rotatable bonds is 5. The van der Waals surface area contributed by atoms with E-state index in [1.54, 1.807) is 30.3 Å². The molecular weight excluding hydrogens is 509 g/mol. The summed E-state index contributed by atoms with van der Waals surface area (Å²) in [6.45, 7) is 0.277. The van der Waals surface area contributed by atoms with Crippen LogP contribution in [0.1, 0.15) is 31.8 Å². The van der Waals surface area contributed by atoms with Crippen LogP contribution < -0.4 is 15.0 Å². The van der Waals surface area contributed by atoms with Crippen LogP contribution in [0, 0.1) is 0 Å². The van der Waals surface area contributed by atoms with Crippen LogP contribution in [0.5, 0.6) is 5.75 Å². The van der Waals surface area contributed by atoms with Crippen molar-refractivity contribution in [2.75, 3.05) is 17.3 Å². The van der Waals surface area contributed by atoms with E-state index >= 15 is 0 Å². The van der Waals surface area contributed by atoms with Crippen LogP contribution in [0.4, 0.5) is 42.1 Å². The number of nitrogens with zero attached hydrogens (tertiary/aromatic N) is 1. The first kappa shape index (κ1) is 26.0. The highest BCUT2D eigenvalue weighted by molar-refractivity contribution is 6.11. The lowest BCUT2D eigenvalue weighted by Gasteiger charge is -2.30. The molecule has 0 aliphatic carbocycles. The lowest BCUT2D eigenvalue weighted by Crippen LogP contribution is -2.50. The van der Waals surface area contributed by atoms with Crippen molar-refractivity contribution in [1.29, 1.82) is 0 Å². The van der Waals surface area contributed by atoms with E-state index in [-0.39, 0.29) is 35.8 Å². The summed E-state index contributed by atoms with van der Waals surface area (Å²) in [5.41, 5.74) is -5.94. The van der Waals surface area contributed by atoms with Gasteiger partial charge >= 0.3 is 18.0 Å². The predicted molar refractivity (Wildman–Crippen MR) is 119 cm³/mol. The zero-order valence-corrected chi connectivity index (χ0v) is 18.9. The molecule has 0 fully saturated rings. The van der Waals surface area contributed by atoms with Crippen LogP contribution in [-0.2, 0) is 12.2 Å². The highest BCUT2D eigenvalue weighted by Crippen LogP contribution is 2.54. The Morgan fingerprint density at radius 3 is 2.19 bits per heavy atom. The Kier molecular flexibility index (Phi) is 6.39. The standard InChI is InChI=1S/C25H17F7N2O3/c1-37-20-12-16(23(26,24(27,28)29)25(30,31)32)9-10-19(20)33-21(35)14-6-4-7-17(11-14)34-13-15-5-2-3-8-18(15)22(34)36/h2-12H,13H2,1H3,(H,33,35). The highest BCUT2D eigenvalue weighted by atomic mass is 19.4. The van der Waals surface area contributed by atoms with E-state index in [1.807, 2.05) is 0 Å². The minimum absolute atomic E-state index is 0.0396. The number of alkyl halides is 7. The monoisotopic (exact) mass is 526 g/mol. The summed E-state index contributed by atoms with van der Waals surface area (Å²) in [7, 11) is 0.938. The zero-order valence-electron chi connectivity index (χ0n) is 18.9. The Bertz CT molecular complexity index is 1350. The van der Waals surface area contributed by atoms with Crippen LogP contribution in [-0.4, -0.2) is 31.3 Å². The number of amides is 2. The van der Waals surface area contributed by atoms with Crippen LogP contribution in [0.25, 0.3) is 0 Å². The lowest BCUT2D eigenvalue weighted by atomic mass is 9.93. The second-order valence-corrected chi connectivity index (χ2v) is 8.12. The quantitative estimate of drug-likeness (QED) is 0.392. The molecule has 194 valence electrons. The van der Waals surface area contributed by atoms with Crippen molar-refractivity contribution < 1.29 is 45.1 Å². The Hall–Kier alpha value is -4.09. The minimum Gasteiger partial charge on any atom is -0.495 e. The average molecular weight is 526 g/mol. The molecule has 0 saturated carbocycles. The van der Waals surface area contributed by atoms with Crippen molar-refractivity contribution >= 4 is 23.2 Å². The molecule has 1 N–H and O–H groups in total. The van der Waals surface area contributed by atoms with Gasteiger partial charge in [0.05, 0.1) is 19.3 Å². The number of ether oxygens (including phenoxy) is 1. The molecule has 0 bridgehead atoms. The number of anilines is 2. The molecule has 1 aliphatic heterocycles. The number of fused-ring (bicyclic) bond motifs is 1. The molecule has 5 nitrogen and oxygen atoms in total. The number of carbonyl (C=O) groups excluding carboxylic acids is 2. The molecule has 1 heterocycles. The Morgan fingerprint density at radius 2 is 1.57 bits per heavy atom. The Labute approximate surface area is 205 Å². The fourth-order valence-corrected chi connectivity index (χ4v) is 3.97. The van der Waals surface area contributed by atoms with Gasteiger partial charge in [-0.3, -0.25) is 9.59 Å². The molecule has 12 heteroatoms. The van der Waals surface area contributed by atoms with Crippen molar-refractivity contribution in [3.05, 3.63) is 89.0 Å². The van der Waals surface area contributed by atoms with Gasteiger partial charge in [0, 0.05) is 22.4 Å². The fourth-order valence-electron chi connectivity index (χ4n) is 3.97. The van der Waals surface area contributed by atoms with Gasteiger partial charge in [-0.2, -0.15) is 26.3 Å². The molecule has 0 radical (unpaired) electrons. The molecule has 0 atom stereocenters. The molecule has 4 rings (SSSR count). The van der Waals surface area contributed by atoms with Gasteiger partial charge in [0.25, 0.3) is 11.8 Å². The third-order valence-electron chi connectivity index (χ3n) is 5.87. The molecule has 0 saturated heterocycles. The number of carbonyl (C=O) groups is 2. The molecule has 3 aromatic carbocycles. The van der Waals surface area contributed by atoms with E-state index in [4.69, 9.17) is 4.74 Å². The molecule has 3 aromatic rings. The molecule has 0 spiro atoms. The second-order valence-electron chi connectivity index (χ2n) is 8.12. The smallest absolute Gasteiger partial charge is 0.435 e. The number of hydrogen-bond donors (Lipinski definition) is 1. The summed E-state index contributed by atoms with van der Waals surface area (Å²) in [6.07, 6.45) is -12.6. The number of hydrogen-bond acceptors (Lipinski definition) is 3. The first-order valence-electron chi connectivity index (χ1n) is 10.6. The maximum atomic E-state index is 14.4. The summed E-state index contributed by atoms with van der Waals surface area (Å²) >= 11 is 0. The normalized spacial score (nSPS) is 13.9.